The second-order valence-electron chi connectivity index (χ2n) is 7.58. The van der Waals surface area contributed by atoms with E-state index in [9.17, 15) is 9.59 Å². The van der Waals surface area contributed by atoms with Crippen molar-refractivity contribution in [3.63, 3.8) is 0 Å². The number of nitrogens with zero attached hydrogens (tertiary/aromatic N) is 1. The predicted molar refractivity (Wildman–Crippen MR) is 122 cm³/mol. The van der Waals surface area contributed by atoms with Crippen molar-refractivity contribution in [2.45, 2.75) is 32.6 Å². The number of methoxy groups -OCH3 is 2. The van der Waals surface area contributed by atoms with Crippen LogP contribution >= 0.6 is 0 Å². The monoisotopic (exact) mass is 425 g/mol. The van der Waals surface area contributed by atoms with E-state index in [1.165, 1.54) is 24.8 Å². The topological polar surface area (TPSA) is 79.9 Å². The smallest absolute Gasteiger partial charge is 0.313 e. The van der Waals surface area contributed by atoms with Crippen LogP contribution in [0.25, 0.3) is 0 Å². The average Bonchev–Trinajstić information content (AvgIpc) is 2.79. The fraction of sp³-hybridized carbons (Fsp3) is 0.417. The van der Waals surface area contributed by atoms with E-state index in [0.717, 1.165) is 31.5 Å². The SMILES string of the molecule is CCCN1CCCc2cc(CCNC(=O)C(=O)Nc3ccc(OC)cc3OC)ccc21. The summed E-state index contributed by atoms with van der Waals surface area (Å²) in [6.07, 6.45) is 4.06. The molecule has 2 aromatic rings. The number of aryl methyl sites for hydroxylation is 1. The van der Waals surface area contributed by atoms with Gasteiger partial charge in [-0.2, -0.15) is 0 Å². The van der Waals surface area contributed by atoms with E-state index >= 15 is 0 Å². The average molecular weight is 426 g/mol. The summed E-state index contributed by atoms with van der Waals surface area (Å²) >= 11 is 0. The molecule has 0 saturated heterocycles. The third-order valence-corrected chi connectivity index (χ3v) is 5.41. The number of hydrogen-bond acceptors (Lipinski definition) is 5. The molecule has 0 bridgehead atoms. The summed E-state index contributed by atoms with van der Waals surface area (Å²) < 4.78 is 10.4. The third kappa shape index (κ3) is 5.69. The first-order valence-electron chi connectivity index (χ1n) is 10.7. The first-order chi connectivity index (χ1) is 15.0. The van der Waals surface area contributed by atoms with Gasteiger partial charge in [0.1, 0.15) is 11.5 Å². The Bertz CT molecular complexity index is 929. The van der Waals surface area contributed by atoms with Crippen LogP contribution in [0.2, 0.25) is 0 Å². The molecule has 0 saturated carbocycles. The van der Waals surface area contributed by atoms with E-state index < -0.39 is 11.8 Å². The highest BCUT2D eigenvalue weighted by Gasteiger charge is 2.18. The molecule has 166 valence electrons. The molecule has 1 heterocycles. The Morgan fingerprint density at radius 3 is 2.65 bits per heavy atom. The molecule has 0 spiro atoms. The molecular weight excluding hydrogens is 394 g/mol. The van der Waals surface area contributed by atoms with Gasteiger partial charge in [0.2, 0.25) is 0 Å². The van der Waals surface area contributed by atoms with E-state index in [0.29, 0.717) is 30.2 Å². The van der Waals surface area contributed by atoms with Gasteiger partial charge in [-0.1, -0.05) is 19.1 Å². The van der Waals surface area contributed by atoms with Gasteiger partial charge < -0.3 is 25.0 Å². The van der Waals surface area contributed by atoms with Crippen LogP contribution in [0, 0.1) is 0 Å². The summed E-state index contributed by atoms with van der Waals surface area (Å²) in [4.78, 5) is 26.9. The molecule has 0 atom stereocenters. The summed E-state index contributed by atoms with van der Waals surface area (Å²) in [7, 11) is 3.04. The molecule has 31 heavy (non-hydrogen) atoms. The van der Waals surface area contributed by atoms with Crippen LogP contribution in [0.15, 0.2) is 36.4 Å². The number of ether oxygens (including phenoxy) is 2. The number of benzene rings is 2. The van der Waals surface area contributed by atoms with Gasteiger partial charge in [0.05, 0.1) is 19.9 Å². The van der Waals surface area contributed by atoms with Crippen molar-refractivity contribution < 1.29 is 19.1 Å². The fourth-order valence-electron chi connectivity index (χ4n) is 3.87. The van der Waals surface area contributed by atoms with Crippen LogP contribution in [0.3, 0.4) is 0 Å². The molecule has 1 aliphatic rings. The number of rotatable bonds is 8. The molecule has 7 heteroatoms. The number of amides is 2. The van der Waals surface area contributed by atoms with Gasteiger partial charge in [-0.15, -0.1) is 0 Å². The van der Waals surface area contributed by atoms with Crippen LogP contribution in [-0.2, 0) is 22.4 Å². The first kappa shape index (κ1) is 22.5. The second-order valence-corrected chi connectivity index (χ2v) is 7.58. The second kappa shape index (κ2) is 10.7. The zero-order valence-electron chi connectivity index (χ0n) is 18.5. The molecule has 1 aliphatic heterocycles. The lowest BCUT2D eigenvalue weighted by Gasteiger charge is -2.31. The summed E-state index contributed by atoms with van der Waals surface area (Å²) in [5, 5.41) is 5.28. The van der Waals surface area contributed by atoms with E-state index in [-0.39, 0.29) is 0 Å². The predicted octanol–water partition coefficient (Wildman–Crippen LogP) is 3.16. The van der Waals surface area contributed by atoms with E-state index in [1.807, 2.05) is 0 Å². The Balaban J connectivity index is 1.53. The van der Waals surface area contributed by atoms with Gasteiger partial charge >= 0.3 is 11.8 Å². The molecule has 2 N–H and O–H groups in total. The molecule has 0 aromatic heterocycles. The number of carbonyl (C=O) groups excluding carboxylic acids is 2. The molecule has 0 radical (unpaired) electrons. The van der Waals surface area contributed by atoms with Crippen molar-refractivity contribution >= 4 is 23.2 Å². The van der Waals surface area contributed by atoms with E-state index in [1.54, 1.807) is 25.3 Å². The third-order valence-electron chi connectivity index (χ3n) is 5.41. The molecule has 3 rings (SSSR count). The summed E-state index contributed by atoms with van der Waals surface area (Å²) in [5.41, 5.74) is 4.27. The molecule has 0 aliphatic carbocycles. The normalized spacial score (nSPS) is 12.7. The standard InChI is InChI=1S/C24H31N3O4/c1-4-13-27-14-5-6-18-15-17(7-10-21(18)27)11-12-25-23(28)24(29)26-20-9-8-19(30-2)16-22(20)31-3/h7-10,15-16H,4-6,11-14H2,1-3H3,(H,25,28)(H,26,29). The number of anilines is 2. The zero-order chi connectivity index (χ0) is 22.2. The minimum atomic E-state index is -0.732. The fourth-order valence-corrected chi connectivity index (χ4v) is 3.87. The van der Waals surface area contributed by atoms with Crippen molar-refractivity contribution in [2.24, 2.45) is 0 Å². The highest BCUT2D eigenvalue weighted by molar-refractivity contribution is 6.39. The molecule has 0 fully saturated rings. The molecular formula is C24H31N3O4. The lowest BCUT2D eigenvalue weighted by molar-refractivity contribution is -0.136. The van der Waals surface area contributed by atoms with Crippen molar-refractivity contribution in [1.29, 1.82) is 0 Å². The summed E-state index contributed by atoms with van der Waals surface area (Å²) in [6, 6.07) is 11.5. The highest BCUT2D eigenvalue weighted by Crippen LogP contribution is 2.29. The lowest BCUT2D eigenvalue weighted by Crippen LogP contribution is -2.36. The number of fused-ring (bicyclic) bond motifs is 1. The van der Waals surface area contributed by atoms with Gasteiger partial charge in [0.15, 0.2) is 0 Å². The largest absolute Gasteiger partial charge is 0.497 e. The Labute approximate surface area is 183 Å². The van der Waals surface area contributed by atoms with Gasteiger partial charge in [0, 0.05) is 31.4 Å². The molecule has 2 amide bonds. The van der Waals surface area contributed by atoms with Gasteiger partial charge in [-0.3, -0.25) is 9.59 Å². The van der Waals surface area contributed by atoms with Crippen LogP contribution in [0.1, 0.15) is 30.9 Å². The quantitative estimate of drug-likeness (QED) is 0.635. The van der Waals surface area contributed by atoms with Gasteiger partial charge in [0.25, 0.3) is 0 Å². The lowest BCUT2D eigenvalue weighted by atomic mass is 9.98. The zero-order valence-corrected chi connectivity index (χ0v) is 18.5. The number of carbonyl (C=O) groups is 2. The van der Waals surface area contributed by atoms with Crippen LogP contribution in [0.5, 0.6) is 11.5 Å². The van der Waals surface area contributed by atoms with E-state index in [4.69, 9.17) is 9.47 Å². The Hall–Kier alpha value is -3.22. The highest BCUT2D eigenvalue weighted by atomic mass is 16.5. The Kier molecular flexibility index (Phi) is 7.76. The minimum absolute atomic E-state index is 0.392. The maximum Gasteiger partial charge on any atom is 0.313 e. The maximum atomic E-state index is 12.3. The summed E-state index contributed by atoms with van der Waals surface area (Å²) in [6.45, 7) is 4.79. The van der Waals surface area contributed by atoms with Crippen molar-refractivity contribution in [1.82, 2.24) is 5.32 Å². The first-order valence-corrected chi connectivity index (χ1v) is 10.7. The molecule has 2 aromatic carbocycles. The molecule has 7 nitrogen and oxygen atoms in total. The number of hydrogen-bond donors (Lipinski definition) is 2. The summed E-state index contributed by atoms with van der Waals surface area (Å²) in [5.74, 6) is -0.386. The number of nitrogens with one attached hydrogen (secondary N) is 2. The van der Waals surface area contributed by atoms with Crippen LogP contribution in [-0.4, -0.2) is 45.7 Å². The maximum absolute atomic E-state index is 12.3. The van der Waals surface area contributed by atoms with E-state index in [2.05, 4.69) is 40.7 Å². The van der Waals surface area contributed by atoms with Gasteiger partial charge in [-0.05, 0) is 55.0 Å². The van der Waals surface area contributed by atoms with Gasteiger partial charge in [-0.25, -0.2) is 0 Å². The Morgan fingerprint density at radius 2 is 1.90 bits per heavy atom. The van der Waals surface area contributed by atoms with Crippen molar-refractivity contribution in [3.05, 3.63) is 47.5 Å². The Morgan fingerprint density at radius 1 is 1.06 bits per heavy atom. The van der Waals surface area contributed by atoms with Crippen LogP contribution < -0.4 is 25.0 Å². The minimum Gasteiger partial charge on any atom is -0.497 e. The molecule has 0 unspecified atom stereocenters. The van der Waals surface area contributed by atoms with Crippen molar-refractivity contribution in [3.8, 4) is 11.5 Å². The van der Waals surface area contributed by atoms with Crippen molar-refractivity contribution in [2.75, 3.05) is 44.1 Å². The van der Waals surface area contributed by atoms with Crippen LogP contribution in [0.4, 0.5) is 11.4 Å².